The fourth-order valence-corrected chi connectivity index (χ4v) is 1.08. The van der Waals surface area contributed by atoms with E-state index in [9.17, 15) is 0 Å². The first-order chi connectivity index (χ1) is 4.27. The van der Waals surface area contributed by atoms with Crippen LogP contribution in [0.15, 0.2) is 0 Å². The normalized spacial score (nSPS) is 13.7. The second-order valence-electron chi connectivity index (χ2n) is 2.75. The van der Waals surface area contributed by atoms with Crippen LogP contribution < -0.4 is 0 Å². The molecule has 0 N–H and O–H groups in total. The number of rotatable bonds is 5. The molecule has 0 aliphatic heterocycles. The molecule has 1 atom stereocenters. The second kappa shape index (κ2) is 6.34. The summed E-state index contributed by atoms with van der Waals surface area (Å²) in [6.45, 7) is 4.46. The third-order valence-electron chi connectivity index (χ3n) is 1.49. The molecule has 0 rings (SSSR count). The summed E-state index contributed by atoms with van der Waals surface area (Å²) in [5.74, 6) is 0. The molecule has 0 aliphatic rings. The highest BCUT2D eigenvalue weighted by molar-refractivity contribution is 6.11. The number of hydrogen-bond acceptors (Lipinski definition) is 0. The van der Waals surface area contributed by atoms with Crippen molar-refractivity contribution >= 4 is 10.2 Å². The molecule has 9 heavy (non-hydrogen) atoms. The summed E-state index contributed by atoms with van der Waals surface area (Å²) in [7, 11) is 3.57. The average molecular weight is 141 g/mol. The van der Waals surface area contributed by atoms with Gasteiger partial charge in [-0.3, -0.25) is 0 Å². The molecule has 0 aliphatic carbocycles. The van der Waals surface area contributed by atoms with Crippen molar-refractivity contribution in [3.8, 4) is 0 Å². The highest BCUT2D eigenvalue weighted by Gasteiger charge is 1.92. The summed E-state index contributed by atoms with van der Waals surface area (Å²) in [4.78, 5) is 0. The summed E-state index contributed by atoms with van der Waals surface area (Å²) in [6.07, 6.45) is 6.87. The molecule has 0 spiro atoms. The smallest absolute Gasteiger partial charge is 0.0262 e. The zero-order valence-electron chi connectivity index (χ0n) is 6.61. The third kappa shape index (κ3) is 8.22. The van der Waals surface area contributed by atoms with E-state index < -0.39 is 0 Å². The van der Waals surface area contributed by atoms with Crippen LogP contribution in [-0.4, -0.2) is 10.2 Å². The first kappa shape index (κ1) is 9.22. The summed E-state index contributed by atoms with van der Waals surface area (Å²) in [5.41, 5.74) is 0.710. The molecule has 0 aromatic rings. The van der Waals surface area contributed by atoms with Gasteiger partial charge < -0.3 is 0 Å². The Morgan fingerprint density at radius 2 is 1.89 bits per heavy atom. The molecule has 0 aromatic carbocycles. The minimum Gasteiger partial charge on any atom is -0.0656 e. The van der Waals surface area contributed by atoms with E-state index >= 15 is 0 Å². The van der Waals surface area contributed by atoms with Gasteiger partial charge in [-0.15, -0.1) is 0 Å². The fraction of sp³-hybridized carbons (Fsp3) is 1.00. The van der Waals surface area contributed by atoms with E-state index in [0.717, 1.165) is 0 Å². The van der Waals surface area contributed by atoms with Gasteiger partial charge in [-0.2, -0.15) is 0 Å². The predicted molar refractivity (Wildman–Crippen MR) is 43.9 cm³/mol. The molecule has 3 radical (unpaired) electrons. The van der Waals surface area contributed by atoms with Crippen LogP contribution in [-0.2, 0) is 0 Å². The van der Waals surface area contributed by atoms with E-state index in [4.69, 9.17) is 0 Å². The van der Waals surface area contributed by atoms with Gasteiger partial charge >= 0.3 is 0 Å². The van der Waals surface area contributed by atoms with Gasteiger partial charge in [0.15, 0.2) is 0 Å². The van der Waals surface area contributed by atoms with Crippen LogP contribution in [0.3, 0.4) is 0 Å². The Hall–Kier alpha value is 0.217. The topological polar surface area (TPSA) is 0 Å². The maximum absolute atomic E-state index is 3.57. The quantitative estimate of drug-likeness (QED) is 0.408. The third-order valence-corrected chi connectivity index (χ3v) is 1.78. The van der Waals surface area contributed by atoms with Gasteiger partial charge in [0.1, 0.15) is 0 Å². The Morgan fingerprint density at radius 3 is 2.33 bits per heavy atom. The van der Waals surface area contributed by atoms with Crippen molar-refractivity contribution in [1.29, 1.82) is 0 Å². The van der Waals surface area contributed by atoms with Gasteiger partial charge in [0, 0.05) is 10.2 Å². The molecule has 0 bridgehead atoms. The highest BCUT2D eigenvalue weighted by Crippen LogP contribution is 2.10. The van der Waals surface area contributed by atoms with E-state index in [0.29, 0.717) is 5.54 Å². The molecule has 1 heteroatoms. The zero-order chi connectivity index (χ0) is 7.11. The Balaban J connectivity index is 2.75. The van der Waals surface area contributed by atoms with Gasteiger partial charge in [-0.25, -0.2) is 0 Å². The molecule has 0 aromatic heterocycles. The van der Waals surface area contributed by atoms with Crippen LogP contribution in [0.4, 0.5) is 0 Å². The molecule has 53 valence electrons. The molecule has 0 nitrogen and oxygen atoms in total. The summed E-state index contributed by atoms with van der Waals surface area (Å²) in [6, 6.07) is 0. The molecular weight excluding hydrogens is 124 g/mol. The monoisotopic (exact) mass is 141 g/mol. The van der Waals surface area contributed by atoms with E-state index in [2.05, 4.69) is 24.1 Å². The van der Waals surface area contributed by atoms with Crippen LogP contribution in [0.5, 0.6) is 0 Å². The molecule has 0 fully saturated rings. The minimum absolute atomic E-state index is 0.710. The van der Waals surface area contributed by atoms with E-state index in [1.54, 1.807) is 0 Å². The molecule has 1 unspecified atom stereocenters. The van der Waals surface area contributed by atoms with Crippen molar-refractivity contribution in [2.75, 3.05) is 0 Å². The van der Waals surface area contributed by atoms with Crippen LogP contribution in [0, 0.1) is 0 Å². The van der Waals surface area contributed by atoms with E-state index in [1.165, 1.54) is 32.1 Å². The molecule has 0 saturated heterocycles. The number of hydrogen-bond donors (Lipinski definition) is 0. The van der Waals surface area contributed by atoms with Crippen LogP contribution in [0.1, 0.15) is 46.0 Å². The highest BCUT2D eigenvalue weighted by atomic mass is 28.1. The second-order valence-corrected chi connectivity index (χ2v) is 3.74. The summed E-state index contributed by atoms with van der Waals surface area (Å²) >= 11 is 0. The van der Waals surface area contributed by atoms with Crippen LogP contribution in [0.2, 0.25) is 5.54 Å². The Labute approximate surface area is 62.5 Å². The van der Waals surface area contributed by atoms with Crippen molar-refractivity contribution in [2.45, 2.75) is 51.5 Å². The number of unbranched alkanes of at least 4 members (excludes halogenated alkanes) is 3. The fourth-order valence-electron chi connectivity index (χ4n) is 0.877. The van der Waals surface area contributed by atoms with Gasteiger partial charge in [-0.1, -0.05) is 51.5 Å². The molecular formula is C8H17Si. The Bertz CT molecular complexity index is 50.5. The van der Waals surface area contributed by atoms with Crippen molar-refractivity contribution in [3.63, 3.8) is 0 Å². The van der Waals surface area contributed by atoms with Gasteiger partial charge in [0.25, 0.3) is 0 Å². The zero-order valence-corrected chi connectivity index (χ0v) is 7.61. The molecule has 0 amide bonds. The molecule has 0 heterocycles. The maximum Gasteiger partial charge on any atom is 0.0262 e. The maximum atomic E-state index is 3.57. The van der Waals surface area contributed by atoms with Crippen LogP contribution >= 0.6 is 0 Å². The standard InChI is InChI=1S/C8H17Si/c1-3-4-5-6-7-8(2)9/h8H,3-7H2,1-2H3. The van der Waals surface area contributed by atoms with Gasteiger partial charge in [0.05, 0.1) is 0 Å². The van der Waals surface area contributed by atoms with Crippen molar-refractivity contribution in [3.05, 3.63) is 0 Å². The van der Waals surface area contributed by atoms with Crippen LogP contribution in [0.25, 0.3) is 0 Å². The Kier molecular flexibility index (Phi) is 6.49. The molecule has 0 saturated carbocycles. The lowest BCUT2D eigenvalue weighted by molar-refractivity contribution is 0.624. The first-order valence-electron chi connectivity index (χ1n) is 3.98. The summed E-state index contributed by atoms with van der Waals surface area (Å²) in [5, 5.41) is 0. The van der Waals surface area contributed by atoms with Crippen molar-refractivity contribution in [1.82, 2.24) is 0 Å². The first-order valence-corrected chi connectivity index (χ1v) is 4.56. The lowest BCUT2D eigenvalue weighted by Gasteiger charge is -2.01. The van der Waals surface area contributed by atoms with Crippen molar-refractivity contribution < 1.29 is 0 Å². The lowest BCUT2D eigenvalue weighted by atomic mass is 10.1. The van der Waals surface area contributed by atoms with Gasteiger partial charge in [-0.05, 0) is 0 Å². The summed E-state index contributed by atoms with van der Waals surface area (Å²) < 4.78 is 0. The average Bonchev–Trinajstić information content (AvgIpc) is 1.80. The SMILES string of the molecule is CCCCCCC(C)[Si]. The van der Waals surface area contributed by atoms with E-state index in [-0.39, 0.29) is 0 Å². The Morgan fingerprint density at radius 1 is 1.22 bits per heavy atom. The van der Waals surface area contributed by atoms with Gasteiger partial charge in [0.2, 0.25) is 0 Å². The van der Waals surface area contributed by atoms with Crippen molar-refractivity contribution in [2.24, 2.45) is 0 Å². The predicted octanol–water partition coefficient (Wildman–Crippen LogP) is 2.93. The largest absolute Gasteiger partial charge is 0.0656 e. The lowest BCUT2D eigenvalue weighted by Crippen LogP contribution is -1.85. The minimum atomic E-state index is 0.710. The van der Waals surface area contributed by atoms with E-state index in [1.807, 2.05) is 0 Å².